The summed E-state index contributed by atoms with van der Waals surface area (Å²) in [5, 5.41) is 3.84. The number of hydrogen-bond acceptors (Lipinski definition) is 2. The molecule has 0 spiro atoms. The normalized spacial score (nSPS) is 26.8. The van der Waals surface area contributed by atoms with Gasteiger partial charge in [-0.2, -0.15) is 0 Å². The molecule has 1 aliphatic rings. The van der Waals surface area contributed by atoms with Crippen LogP contribution in [0.5, 0.6) is 0 Å². The molecule has 0 amide bonds. The Morgan fingerprint density at radius 3 is 2.53 bits per heavy atom. The number of likely N-dealkylation sites (N-methyl/N-ethyl adjacent to an activating group) is 1. The summed E-state index contributed by atoms with van der Waals surface area (Å²) in [6, 6.07) is 1.39. The maximum Gasteiger partial charge on any atom is 0.0274 e. The lowest BCUT2D eigenvalue weighted by Gasteiger charge is -2.48. The van der Waals surface area contributed by atoms with Gasteiger partial charge in [-0.05, 0) is 51.2 Å². The van der Waals surface area contributed by atoms with Gasteiger partial charge < -0.3 is 10.2 Å². The van der Waals surface area contributed by atoms with Gasteiger partial charge in [0, 0.05) is 12.1 Å². The second-order valence-corrected chi connectivity index (χ2v) is 7.07. The van der Waals surface area contributed by atoms with E-state index in [1.807, 2.05) is 0 Å². The van der Waals surface area contributed by atoms with E-state index in [0.29, 0.717) is 11.5 Å². The fraction of sp³-hybridized carbons (Fsp3) is 1.00. The Hall–Kier alpha value is -0.0800. The van der Waals surface area contributed by atoms with Crippen LogP contribution in [0.3, 0.4) is 0 Å². The van der Waals surface area contributed by atoms with E-state index in [9.17, 15) is 0 Å². The molecule has 0 aliphatic heterocycles. The molecule has 2 unspecified atom stereocenters. The molecule has 1 rings (SSSR count). The molecule has 1 aliphatic carbocycles. The Kier molecular flexibility index (Phi) is 7.38. The highest BCUT2D eigenvalue weighted by atomic mass is 15.2. The smallest absolute Gasteiger partial charge is 0.0274 e. The van der Waals surface area contributed by atoms with Crippen molar-refractivity contribution in [3.8, 4) is 0 Å². The second-order valence-electron chi connectivity index (χ2n) is 7.07. The zero-order chi connectivity index (χ0) is 14.3. The largest absolute Gasteiger partial charge is 0.312 e. The molecule has 0 saturated heterocycles. The third-order valence-corrected chi connectivity index (χ3v) is 4.84. The van der Waals surface area contributed by atoms with Crippen LogP contribution in [0.1, 0.15) is 72.6 Å². The van der Waals surface area contributed by atoms with Gasteiger partial charge in [0.25, 0.3) is 0 Å². The molecule has 114 valence electrons. The van der Waals surface area contributed by atoms with Crippen molar-refractivity contribution in [1.82, 2.24) is 10.2 Å². The lowest BCUT2D eigenvalue weighted by atomic mass is 9.70. The van der Waals surface area contributed by atoms with E-state index in [-0.39, 0.29) is 0 Å². The van der Waals surface area contributed by atoms with E-state index >= 15 is 0 Å². The highest BCUT2D eigenvalue weighted by Crippen LogP contribution is 2.37. The van der Waals surface area contributed by atoms with Crippen LogP contribution >= 0.6 is 0 Å². The minimum Gasteiger partial charge on any atom is -0.312 e. The number of hydrogen-bond donors (Lipinski definition) is 1. The lowest BCUT2D eigenvalue weighted by molar-refractivity contribution is 0.0620. The van der Waals surface area contributed by atoms with Crippen molar-refractivity contribution < 1.29 is 0 Å². The van der Waals surface area contributed by atoms with E-state index in [1.165, 1.54) is 51.5 Å². The Morgan fingerprint density at radius 1 is 1.16 bits per heavy atom. The van der Waals surface area contributed by atoms with Gasteiger partial charge in [0.15, 0.2) is 0 Å². The van der Waals surface area contributed by atoms with Crippen LogP contribution in [0, 0.1) is 5.41 Å². The van der Waals surface area contributed by atoms with E-state index in [0.717, 1.165) is 12.6 Å². The Bertz CT molecular complexity index is 237. The molecular weight excluding hydrogens is 232 g/mol. The van der Waals surface area contributed by atoms with Gasteiger partial charge in [-0.25, -0.2) is 0 Å². The van der Waals surface area contributed by atoms with Crippen LogP contribution in [0.2, 0.25) is 0 Å². The van der Waals surface area contributed by atoms with Crippen molar-refractivity contribution >= 4 is 0 Å². The van der Waals surface area contributed by atoms with Crippen LogP contribution in [0.15, 0.2) is 0 Å². The number of nitrogens with zero attached hydrogens (tertiary/aromatic N) is 1. The van der Waals surface area contributed by atoms with E-state index in [4.69, 9.17) is 0 Å². The zero-order valence-corrected chi connectivity index (χ0v) is 14.0. The quantitative estimate of drug-likeness (QED) is 0.668. The van der Waals surface area contributed by atoms with Crippen molar-refractivity contribution in [2.75, 3.05) is 20.1 Å². The molecule has 0 aromatic carbocycles. The second kappa shape index (κ2) is 8.26. The fourth-order valence-electron chi connectivity index (χ4n) is 3.57. The van der Waals surface area contributed by atoms with Crippen LogP contribution in [0.25, 0.3) is 0 Å². The number of rotatable bonds is 8. The minimum atomic E-state index is 0.442. The Labute approximate surface area is 121 Å². The maximum atomic E-state index is 3.84. The number of nitrogens with one attached hydrogen (secondary N) is 1. The van der Waals surface area contributed by atoms with Gasteiger partial charge in [0.05, 0.1) is 0 Å². The van der Waals surface area contributed by atoms with Gasteiger partial charge >= 0.3 is 0 Å². The summed E-state index contributed by atoms with van der Waals surface area (Å²) < 4.78 is 0. The Balaban J connectivity index is 2.60. The van der Waals surface area contributed by atoms with E-state index in [1.54, 1.807) is 0 Å². The van der Waals surface area contributed by atoms with Crippen molar-refractivity contribution in [3.63, 3.8) is 0 Å². The lowest BCUT2D eigenvalue weighted by Crippen LogP contribution is -2.58. The molecule has 1 saturated carbocycles. The molecule has 0 aromatic rings. The highest BCUT2D eigenvalue weighted by Gasteiger charge is 2.39. The van der Waals surface area contributed by atoms with Gasteiger partial charge in [-0.1, -0.05) is 47.0 Å². The standard InChI is InChI=1S/C17H36N2/c1-6-8-9-14-19(5)15-11-10-12-17(3,4)16(15)18-13-7-2/h15-16,18H,6-14H2,1-5H3. The van der Waals surface area contributed by atoms with Crippen LogP contribution in [-0.4, -0.2) is 37.1 Å². The van der Waals surface area contributed by atoms with Crippen molar-refractivity contribution in [3.05, 3.63) is 0 Å². The molecule has 19 heavy (non-hydrogen) atoms. The number of unbranched alkanes of at least 4 members (excludes halogenated alkanes) is 2. The van der Waals surface area contributed by atoms with Crippen LogP contribution in [-0.2, 0) is 0 Å². The first-order chi connectivity index (χ1) is 9.03. The topological polar surface area (TPSA) is 15.3 Å². The first kappa shape index (κ1) is 17.0. The summed E-state index contributed by atoms with van der Waals surface area (Å²) in [6.45, 7) is 11.9. The van der Waals surface area contributed by atoms with Crippen molar-refractivity contribution in [2.24, 2.45) is 5.41 Å². The molecule has 0 heterocycles. The van der Waals surface area contributed by atoms with E-state index in [2.05, 4.69) is 45.0 Å². The molecule has 0 bridgehead atoms. The predicted octanol–water partition coefficient (Wildman–Crippen LogP) is 4.06. The molecular formula is C17H36N2. The Morgan fingerprint density at radius 2 is 1.89 bits per heavy atom. The predicted molar refractivity (Wildman–Crippen MR) is 85.7 cm³/mol. The first-order valence-electron chi connectivity index (χ1n) is 8.46. The third kappa shape index (κ3) is 5.07. The zero-order valence-electron chi connectivity index (χ0n) is 14.0. The van der Waals surface area contributed by atoms with Gasteiger partial charge in [-0.15, -0.1) is 0 Å². The summed E-state index contributed by atoms with van der Waals surface area (Å²) in [5.41, 5.74) is 0.442. The summed E-state index contributed by atoms with van der Waals surface area (Å²) in [6.07, 6.45) is 9.40. The third-order valence-electron chi connectivity index (χ3n) is 4.84. The minimum absolute atomic E-state index is 0.442. The van der Waals surface area contributed by atoms with Crippen LogP contribution in [0.4, 0.5) is 0 Å². The molecule has 0 aromatic heterocycles. The van der Waals surface area contributed by atoms with Crippen molar-refractivity contribution in [2.45, 2.75) is 84.7 Å². The summed E-state index contributed by atoms with van der Waals surface area (Å²) >= 11 is 0. The highest BCUT2D eigenvalue weighted by molar-refractivity contribution is 4.97. The maximum absolute atomic E-state index is 3.84. The molecule has 2 heteroatoms. The summed E-state index contributed by atoms with van der Waals surface area (Å²) in [4.78, 5) is 2.63. The summed E-state index contributed by atoms with van der Waals surface area (Å²) in [5.74, 6) is 0. The molecule has 2 nitrogen and oxygen atoms in total. The molecule has 1 N–H and O–H groups in total. The monoisotopic (exact) mass is 268 g/mol. The fourth-order valence-corrected chi connectivity index (χ4v) is 3.57. The molecule has 2 atom stereocenters. The summed E-state index contributed by atoms with van der Waals surface area (Å²) in [7, 11) is 2.34. The van der Waals surface area contributed by atoms with Crippen molar-refractivity contribution in [1.29, 1.82) is 0 Å². The first-order valence-corrected chi connectivity index (χ1v) is 8.46. The average molecular weight is 268 g/mol. The van der Waals surface area contributed by atoms with Gasteiger partial charge in [0.2, 0.25) is 0 Å². The van der Waals surface area contributed by atoms with Crippen LogP contribution < -0.4 is 5.32 Å². The van der Waals surface area contributed by atoms with Gasteiger partial charge in [-0.3, -0.25) is 0 Å². The average Bonchev–Trinajstić information content (AvgIpc) is 2.36. The SMILES string of the molecule is CCCCCN(C)C1CCCC(C)(C)C1NCCC. The van der Waals surface area contributed by atoms with Gasteiger partial charge in [0.1, 0.15) is 0 Å². The molecule has 1 fully saturated rings. The van der Waals surface area contributed by atoms with E-state index < -0.39 is 0 Å². The molecule has 0 radical (unpaired) electrons.